The van der Waals surface area contributed by atoms with E-state index >= 15 is 0 Å². The Kier molecular flexibility index (Phi) is 9.10. The number of rotatable bonds is 7. The molecule has 0 aromatic heterocycles. The number of ketones is 1. The summed E-state index contributed by atoms with van der Waals surface area (Å²) in [5.74, 6) is -4.54. The van der Waals surface area contributed by atoms with E-state index in [1.165, 1.54) is 4.90 Å². The highest BCUT2D eigenvalue weighted by Crippen LogP contribution is 2.46. The fourth-order valence-corrected chi connectivity index (χ4v) is 5.64. The zero-order valence-electron chi connectivity index (χ0n) is 22.0. The number of alkyl halides is 3. The first-order valence-corrected chi connectivity index (χ1v) is 13.0. The van der Waals surface area contributed by atoms with E-state index in [1.54, 1.807) is 20.8 Å². The highest BCUT2D eigenvalue weighted by atomic mass is 19.4. The number of carbonyl (C=O) groups excluding carboxylic acids is 5. The Morgan fingerprint density at radius 1 is 1.13 bits per heavy atom. The van der Waals surface area contributed by atoms with Crippen molar-refractivity contribution in [3.63, 3.8) is 0 Å². The zero-order chi connectivity index (χ0) is 28.3. The molecule has 0 radical (unpaired) electrons. The van der Waals surface area contributed by atoms with Crippen molar-refractivity contribution in [1.29, 1.82) is 0 Å². The number of carbonyl (C=O) groups is 5. The van der Waals surface area contributed by atoms with Crippen molar-refractivity contribution < 1.29 is 41.9 Å². The summed E-state index contributed by atoms with van der Waals surface area (Å²) in [5.41, 5.74) is -1.05. The summed E-state index contributed by atoms with van der Waals surface area (Å²) >= 11 is 0. The Morgan fingerprint density at radius 3 is 2.34 bits per heavy atom. The highest BCUT2D eigenvalue weighted by molar-refractivity contribution is 6.35. The van der Waals surface area contributed by atoms with E-state index in [4.69, 9.17) is 0 Å². The van der Waals surface area contributed by atoms with E-state index < -0.39 is 60.0 Å². The number of Topliss-reactive ketones (excluding diaryl/α,β-unsaturated/α-hetero) is 1. The summed E-state index contributed by atoms with van der Waals surface area (Å²) in [5, 5.41) is 7.70. The lowest BCUT2D eigenvalue weighted by atomic mass is 9.72. The Hall–Kier alpha value is -2.70. The maximum Gasteiger partial charge on any atom is 0.522 e. The second-order valence-corrected chi connectivity index (χ2v) is 11.7. The number of nitrogens with one attached hydrogen (secondary N) is 3. The summed E-state index contributed by atoms with van der Waals surface area (Å²) < 4.78 is 41.4. The molecule has 214 valence electrons. The molecule has 2 heterocycles. The maximum atomic E-state index is 13.5. The molecule has 3 aliphatic rings. The Morgan fingerprint density at radius 2 is 1.79 bits per heavy atom. The largest absolute Gasteiger partial charge is 0.522 e. The smallest absolute Gasteiger partial charge is 0.356 e. The zero-order valence-corrected chi connectivity index (χ0v) is 22.0. The van der Waals surface area contributed by atoms with Gasteiger partial charge in [0.1, 0.15) is 12.6 Å². The van der Waals surface area contributed by atoms with E-state index in [2.05, 4.69) is 20.7 Å². The fourth-order valence-electron chi connectivity index (χ4n) is 5.64. The van der Waals surface area contributed by atoms with Crippen LogP contribution in [0.1, 0.15) is 72.1 Å². The Labute approximate surface area is 219 Å². The molecule has 4 amide bonds. The quantitative estimate of drug-likeness (QED) is 0.415. The summed E-state index contributed by atoms with van der Waals surface area (Å²) in [7, 11) is 0. The van der Waals surface area contributed by atoms with Crippen LogP contribution >= 0.6 is 0 Å². The van der Waals surface area contributed by atoms with Crippen LogP contribution in [0.15, 0.2) is 0 Å². The van der Waals surface area contributed by atoms with E-state index in [1.807, 2.05) is 0 Å². The third kappa shape index (κ3) is 7.90. The number of likely N-dealkylation sites (tertiary alicyclic amines) is 1. The lowest BCUT2D eigenvalue weighted by Gasteiger charge is -2.33. The standard InChI is InChI=1S/C25H37F3N4O6/c1-23(2,3)31-21(36)22(37)32-14-24(8-5-4-6-9-24)12-17(32)20(35)30-16(11-15-7-10-29-19(15)34)18(33)13-38-25(26,27)28/h15-17H,4-14H2,1-3H3,(H,29,34)(H,30,35)(H,31,36)/t15-,16-,17?/m0/s1. The predicted molar refractivity (Wildman–Crippen MR) is 128 cm³/mol. The second kappa shape index (κ2) is 11.6. The monoisotopic (exact) mass is 546 g/mol. The van der Waals surface area contributed by atoms with Crippen LogP contribution in [0.25, 0.3) is 0 Å². The van der Waals surface area contributed by atoms with Crippen LogP contribution in [0.3, 0.4) is 0 Å². The minimum atomic E-state index is -5.04. The molecule has 3 rings (SSSR count). The van der Waals surface area contributed by atoms with Crippen molar-refractivity contribution in [2.45, 2.75) is 96.1 Å². The van der Waals surface area contributed by atoms with E-state index in [0.717, 1.165) is 32.1 Å². The van der Waals surface area contributed by atoms with Crippen LogP contribution in [-0.2, 0) is 28.7 Å². The molecule has 0 aromatic rings. The van der Waals surface area contributed by atoms with Gasteiger partial charge in [-0.15, -0.1) is 13.2 Å². The molecule has 1 aliphatic carbocycles. The van der Waals surface area contributed by atoms with Crippen LogP contribution in [-0.4, -0.2) is 78.0 Å². The molecule has 10 nitrogen and oxygen atoms in total. The maximum absolute atomic E-state index is 13.5. The summed E-state index contributed by atoms with van der Waals surface area (Å²) in [4.78, 5) is 65.4. The minimum absolute atomic E-state index is 0.197. The third-order valence-corrected chi connectivity index (χ3v) is 7.44. The molecule has 0 bridgehead atoms. The molecule has 3 fully saturated rings. The number of hydrogen-bond acceptors (Lipinski definition) is 6. The van der Waals surface area contributed by atoms with Crippen molar-refractivity contribution in [2.75, 3.05) is 19.7 Å². The van der Waals surface area contributed by atoms with Crippen molar-refractivity contribution in [3.05, 3.63) is 0 Å². The highest BCUT2D eigenvalue weighted by Gasteiger charge is 2.50. The molecule has 2 aliphatic heterocycles. The first-order valence-electron chi connectivity index (χ1n) is 13.0. The van der Waals surface area contributed by atoms with E-state index in [9.17, 15) is 37.1 Å². The molecule has 3 atom stereocenters. The van der Waals surface area contributed by atoms with Gasteiger partial charge in [0.25, 0.3) is 0 Å². The van der Waals surface area contributed by atoms with Crippen LogP contribution in [0.5, 0.6) is 0 Å². The van der Waals surface area contributed by atoms with Gasteiger partial charge in [0.15, 0.2) is 5.78 Å². The summed E-state index contributed by atoms with van der Waals surface area (Å²) in [6.45, 7) is 4.37. The topological polar surface area (TPSA) is 134 Å². The molecule has 13 heteroatoms. The van der Waals surface area contributed by atoms with Crippen LogP contribution < -0.4 is 16.0 Å². The average molecular weight is 547 g/mol. The van der Waals surface area contributed by atoms with Crippen molar-refractivity contribution in [2.24, 2.45) is 11.3 Å². The van der Waals surface area contributed by atoms with Gasteiger partial charge in [0.05, 0.1) is 6.04 Å². The van der Waals surface area contributed by atoms with Gasteiger partial charge in [-0.2, -0.15) is 0 Å². The number of halogens is 3. The predicted octanol–water partition coefficient (Wildman–Crippen LogP) is 1.57. The third-order valence-electron chi connectivity index (χ3n) is 7.44. The SMILES string of the molecule is CC(C)(C)NC(=O)C(=O)N1CC2(CCCCC2)CC1C(=O)N[C@@H](C[C@@H]1CCNC1=O)C(=O)COC(F)(F)F. The van der Waals surface area contributed by atoms with Crippen LogP contribution in [0.2, 0.25) is 0 Å². The Balaban J connectivity index is 1.81. The molecule has 1 spiro atoms. The average Bonchev–Trinajstić information content (AvgIpc) is 3.38. The minimum Gasteiger partial charge on any atom is -0.356 e. The molecule has 3 N–H and O–H groups in total. The molecular weight excluding hydrogens is 509 g/mol. The first-order chi connectivity index (χ1) is 17.6. The van der Waals surface area contributed by atoms with Crippen molar-refractivity contribution in [1.82, 2.24) is 20.9 Å². The summed E-state index contributed by atoms with van der Waals surface area (Å²) in [6, 6.07) is -2.51. The van der Waals surface area contributed by atoms with Gasteiger partial charge in [0, 0.05) is 24.5 Å². The fraction of sp³-hybridized carbons (Fsp3) is 0.800. The molecule has 0 aromatic carbocycles. The summed E-state index contributed by atoms with van der Waals surface area (Å²) in [6.07, 6.45) is -0.215. The van der Waals surface area contributed by atoms with Crippen molar-refractivity contribution >= 4 is 29.4 Å². The molecule has 2 saturated heterocycles. The molecule has 38 heavy (non-hydrogen) atoms. The van der Waals surface area contributed by atoms with Gasteiger partial charge in [-0.3, -0.25) is 28.7 Å². The van der Waals surface area contributed by atoms with Gasteiger partial charge >= 0.3 is 18.2 Å². The number of hydrogen-bond donors (Lipinski definition) is 3. The van der Waals surface area contributed by atoms with Gasteiger partial charge in [-0.1, -0.05) is 19.3 Å². The number of ether oxygens (including phenoxy) is 1. The second-order valence-electron chi connectivity index (χ2n) is 11.7. The van der Waals surface area contributed by atoms with Crippen LogP contribution in [0, 0.1) is 11.3 Å². The number of amides is 4. The lowest BCUT2D eigenvalue weighted by Crippen LogP contribution is -2.55. The van der Waals surface area contributed by atoms with E-state index in [-0.39, 0.29) is 30.7 Å². The van der Waals surface area contributed by atoms with Gasteiger partial charge < -0.3 is 20.9 Å². The molecule has 1 unspecified atom stereocenters. The van der Waals surface area contributed by atoms with E-state index in [0.29, 0.717) is 13.0 Å². The first kappa shape index (κ1) is 29.9. The lowest BCUT2D eigenvalue weighted by molar-refractivity contribution is -0.321. The van der Waals surface area contributed by atoms with Gasteiger partial charge in [-0.05, 0) is 58.3 Å². The van der Waals surface area contributed by atoms with Gasteiger partial charge in [0.2, 0.25) is 11.8 Å². The van der Waals surface area contributed by atoms with Gasteiger partial charge in [-0.25, -0.2) is 0 Å². The number of nitrogens with zero attached hydrogens (tertiary/aromatic N) is 1. The molecule has 1 saturated carbocycles. The molecular formula is C25H37F3N4O6. The van der Waals surface area contributed by atoms with Crippen molar-refractivity contribution in [3.8, 4) is 0 Å². The van der Waals surface area contributed by atoms with Crippen LogP contribution in [0.4, 0.5) is 13.2 Å². The Bertz CT molecular complexity index is 942. The normalized spacial score (nSPS) is 24.2.